The molecular weight excluding hydrogens is 418 g/mol. The van der Waals surface area contributed by atoms with Gasteiger partial charge >= 0.3 is 0 Å². The van der Waals surface area contributed by atoms with E-state index in [0.29, 0.717) is 17.8 Å². The van der Waals surface area contributed by atoms with Crippen molar-refractivity contribution >= 4 is 27.3 Å². The highest BCUT2D eigenvalue weighted by Crippen LogP contribution is 2.37. The Bertz CT molecular complexity index is 793. The molecule has 0 aromatic heterocycles. The second kappa shape index (κ2) is 9.51. The molecule has 0 heterocycles. The van der Waals surface area contributed by atoms with E-state index in [1.54, 1.807) is 0 Å². The monoisotopic (exact) mass is 455 g/mol. The molecule has 1 nitrogen and oxygen atoms in total. The van der Waals surface area contributed by atoms with Gasteiger partial charge in [-0.25, -0.2) is 0 Å². The zero-order chi connectivity index (χ0) is 21.9. The van der Waals surface area contributed by atoms with Crippen LogP contribution in [0.2, 0.25) is 0 Å². The van der Waals surface area contributed by atoms with Gasteiger partial charge in [0, 0.05) is 15.8 Å². The summed E-state index contributed by atoms with van der Waals surface area (Å²) in [5.74, 6) is 1.68. The molecule has 0 fully saturated rings. The summed E-state index contributed by atoms with van der Waals surface area (Å²) >= 11 is 3.70. The zero-order valence-electron chi connectivity index (χ0n) is 19.5. The molecule has 0 unspecified atom stereocenters. The zero-order valence-corrected chi connectivity index (χ0v) is 21.0. The number of hydrogen-bond donors (Lipinski definition) is 0. The third kappa shape index (κ3) is 5.75. The lowest BCUT2D eigenvalue weighted by Crippen LogP contribution is -2.38. The van der Waals surface area contributed by atoms with E-state index in [1.165, 1.54) is 22.5 Å². The first-order valence-electron chi connectivity index (χ1n) is 10.7. The average Bonchev–Trinajstić information content (AvgIpc) is 2.63. The van der Waals surface area contributed by atoms with Crippen LogP contribution in [0.5, 0.6) is 0 Å². The maximum atomic E-state index is 4.24. The van der Waals surface area contributed by atoms with Gasteiger partial charge in [-0.1, -0.05) is 82.6 Å². The quantitative estimate of drug-likeness (QED) is 0.377. The normalized spacial score (nSPS) is 15.1. The van der Waals surface area contributed by atoms with Crippen molar-refractivity contribution in [2.24, 2.45) is 17.8 Å². The minimum Gasteiger partial charge on any atom is -0.334 e. The first-order valence-corrected chi connectivity index (χ1v) is 11.5. The largest absolute Gasteiger partial charge is 0.334 e. The van der Waals surface area contributed by atoms with Gasteiger partial charge in [0.2, 0.25) is 0 Å². The molecule has 2 aromatic rings. The van der Waals surface area contributed by atoms with E-state index in [1.807, 2.05) is 0 Å². The highest BCUT2D eigenvalue weighted by atomic mass is 79.9. The molecule has 0 saturated carbocycles. The maximum Gasteiger partial charge on any atom is 0.0547 e. The molecular formula is C27H38BrN. The van der Waals surface area contributed by atoms with Crippen LogP contribution in [0.25, 0.3) is 0 Å². The molecule has 29 heavy (non-hydrogen) atoms. The first kappa shape index (κ1) is 23.7. The predicted molar refractivity (Wildman–Crippen MR) is 133 cm³/mol. The van der Waals surface area contributed by atoms with Gasteiger partial charge in [0.25, 0.3) is 0 Å². The number of benzene rings is 2. The van der Waals surface area contributed by atoms with Crippen LogP contribution in [0.4, 0.5) is 11.4 Å². The molecule has 0 saturated heterocycles. The third-order valence-corrected chi connectivity index (χ3v) is 6.73. The fourth-order valence-corrected chi connectivity index (χ4v) is 4.54. The van der Waals surface area contributed by atoms with Crippen LogP contribution in [0, 0.1) is 24.7 Å². The Morgan fingerprint density at radius 2 is 1.48 bits per heavy atom. The minimum absolute atomic E-state index is 0.146. The van der Waals surface area contributed by atoms with Gasteiger partial charge < -0.3 is 4.90 Å². The van der Waals surface area contributed by atoms with E-state index in [4.69, 9.17) is 0 Å². The topological polar surface area (TPSA) is 3.24 Å². The summed E-state index contributed by atoms with van der Waals surface area (Å²) in [7, 11) is 0. The summed E-state index contributed by atoms with van der Waals surface area (Å²) < 4.78 is 1.11. The molecule has 0 radical (unpaired) electrons. The minimum atomic E-state index is 0.146. The summed E-state index contributed by atoms with van der Waals surface area (Å²) in [5, 5.41) is 0. The van der Waals surface area contributed by atoms with Crippen molar-refractivity contribution in [1.82, 2.24) is 0 Å². The SMILES string of the molecule is C=C[C@H]([C@@H](C)[C@H](C)C(C)C)N(c1ccc(C(C)(C)C)cc1)c1cc(C)cc(Br)c1. The van der Waals surface area contributed by atoms with E-state index >= 15 is 0 Å². The Balaban J connectivity index is 2.60. The van der Waals surface area contributed by atoms with Crippen LogP contribution in [0.15, 0.2) is 59.6 Å². The molecule has 2 rings (SSSR count). The lowest BCUT2D eigenvalue weighted by molar-refractivity contribution is 0.276. The van der Waals surface area contributed by atoms with Crippen LogP contribution in [-0.2, 0) is 5.41 Å². The fraction of sp³-hybridized carbons (Fsp3) is 0.481. The summed E-state index contributed by atoms with van der Waals surface area (Å²) in [6.07, 6.45) is 2.12. The summed E-state index contributed by atoms with van der Waals surface area (Å²) in [5.41, 5.74) is 5.16. The lowest BCUT2D eigenvalue weighted by atomic mass is 9.80. The summed E-state index contributed by atoms with van der Waals surface area (Å²) in [4.78, 5) is 2.46. The fourth-order valence-electron chi connectivity index (χ4n) is 3.94. The van der Waals surface area contributed by atoms with E-state index in [-0.39, 0.29) is 11.5 Å². The van der Waals surface area contributed by atoms with Gasteiger partial charge in [-0.05, 0) is 71.6 Å². The highest BCUT2D eigenvalue weighted by molar-refractivity contribution is 9.10. The Morgan fingerprint density at radius 1 is 0.897 bits per heavy atom. The van der Waals surface area contributed by atoms with Gasteiger partial charge in [0.15, 0.2) is 0 Å². The van der Waals surface area contributed by atoms with Crippen molar-refractivity contribution < 1.29 is 0 Å². The van der Waals surface area contributed by atoms with Crippen molar-refractivity contribution in [1.29, 1.82) is 0 Å². The van der Waals surface area contributed by atoms with Crippen molar-refractivity contribution in [3.8, 4) is 0 Å². The number of nitrogens with zero attached hydrogens (tertiary/aromatic N) is 1. The van der Waals surface area contributed by atoms with Crippen molar-refractivity contribution in [3.05, 3.63) is 70.7 Å². The third-order valence-electron chi connectivity index (χ3n) is 6.28. The van der Waals surface area contributed by atoms with Crippen LogP contribution < -0.4 is 4.90 Å². The molecule has 0 spiro atoms. The Kier molecular flexibility index (Phi) is 7.79. The van der Waals surface area contributed by atoms with Gasteiger partial charge in [0.1, 0.15) is 0 Å². The Morgan fingerprint density at radius 3 is 1.93 bits per heavy atom. The highest BCUT2D eigenvalue weighted by Gasteiger charge is 2.29. The van der Waals surface area contributed by atoms with Crippen LogP contribution in [0.3, 0.4) is 0 Å². The number of anilines is 2. The van der Waals surface area contributed by atoms with E-state index in [9.17, 15) is 0 Å². The van der Waals surface area contributed by atoms with Gasteiger partial charge in [-0.2, -0.15) is 0 Å². The molecule has 0 bridgehead atoms. The number of hydrogen-bond acceptors (Lipinski definition) is 1. The number of rotatable bonds is 7. The second-order valence-corrected chi connectivity index (χ2v) is 10.8. The van der Waals surface area contributed by atoms with Crippen LogP contribution >= 0.6 is 15.9 Å². The molecule has 0 aliphatic rings. The molecule has 2 heteroatoms. The van der Waals surface area contributed by atoms with E-state index in [0.717, 1.165) is 4.47 Å². The van der Waals surface area contributed by atoms with Gasteiger partial charge in [0.05, 0.1) is 6.04 Å². The standard InChI is InChI=1S/C27H38BrN/c1-10-26(21(6)20(5)18(2)3)29(25-16-19(4)15-23(28)17-25)24-13-11-22(12-14-24)27(7,8)9/h10-18,20-21,26H,1H2,2-9H3/t20-,21+,26-/m1/s1. The van der Waals surface area contributed by atoms with Gasteiger partial charge in [-0.15, -0.1) is 6.58 Å². The van der Waals surface area contributed by atoms with Crippen molar-refractivity contribution in [3.63, 3.8) is 0 Å². The van der Waals surface area contributed by atoms with Crippen LogP contribution in [0.1, 0.15) is 59.6 Å². The Hall–Kier alpha value is -1.54. The predicted octanol–water partition coefficient (Wildman–Crippen LogP) is 8.68. The van der Waals surface area contributed by atoms with E-state index in [2.05, 4.69) is 131 Å². The molecule has 0 aliphatic carbocycles. The number of halogens is 1. The lowest BCUT2D eigenvalue weighted by Gasteiger charge is -2.39. The molecule has 3 atom stereocenters. The van der Waals surface area contributed by atoms with Gasteiger partial charge in [-0.3, -0.25) is 0 Å². The molecule has 0 aliphatic heterocycles. The maximum absolute atomic E-state index is 4.24. The van der Waals surface area contributed by atoms with E-state index < -0.39 is 0 Å². The number of aryl methyl sites for hydroxylation is 1. The molecule has 0 N–H and O–H groups in total. The Labute approximate surface area is 187 Å². The van der Waals surface area contributed by atoms with Crippen LogP contribution in [-0.4, -0.2) is 6.04 Å². The summed E-state index contributed by atoms with van der Waals surface area (Å²) in [6, 6.07) is 15.9. The molecule has 158 valence electrons. The molecule has 0 amide bonds. The molecule has 2 aromatic carbocycles. The first-order chi connectivity index (χ1) is 13.5. The van der Waals surface area contributed by atoms with Crippen molar-refractivity contribution in [2.75, 3.05) is 4.90 Å². The summed E-state index contributed by atoms with van der Waals surface area (Å²) in [6.45, 7) is 22.5. The smallest absolute Gasteiger partial charge is 0.0547 e. The average molecular weight is 457 g/mol. The second-order valence-electron chi connectivity index (χ2n) is 9.84. The van der Waals surface area contributed by atoms with Crippen molar-refractivity contribution in [2.45, 2.75) is 66.8 Å².